The molecular weight excluding hydrogens is 370 g/mol. The lowest BCUT2D eigenvalue weighted by Gasteiger charge is -2.32. The molecule has 0 radical (unpaired) electrons. The number of anilines is 1. The first-order valence-corrected chi connectivity index (χ1v) is 10.2. The maximum absolute atomic E-state index is 12.5. The number of rotatable bonds is 5. The van der Waals surface area contributed by atoms with E-state index in [0.29, 0.717) is 5.56 Å². The number of carbonyl (C=O) groups excluding carboxylic acids is 1. The van der Waals surface area contributed by atoms with Crippen molar-refractivity contribution in [3.63, 3.8) is 0 Å². The molecule has 0 bridgehead atoms. The molecule has 0 atom stereocenters. The highest BCUT2D eigenvalue weighted by molar-refractivity contribution is 7.19. The van der Waals surface area contributed by atoms with E-state index in [9.17, 15) is 4.79 Å². The summed E-state index contributed by atoms with van der Waals surface area (Å²) in [4.78, 5) is 25.7. The predicted octanol–water partition coefficient (Wildman–Crippen LogP) is 3.20. The van der Waals surface area contributed by atoms with Gasteiger partial charge in [-0.1, -0.05) is 23.5 Å². The van der Waals surface area contributed by atoms with Gasteiger partial charge in [-0.2, -0.15) is 0 Å². The maximum atomic E-state index is 12.5. The molecule has 1 fully saturated rings. The zero-order valence-corrected chi connectivity index (χ0v) is 16.7. The molecule has 0 aliphatic carbocycles. The monoisotopic (exact) mass is 393 g/mol. The van der Waals surface area contributed by atoms with E-state index in [4.69, 9.17) is 0 Å². The van der Waals surface area contributed by atoms with Crippen molar-refractivity contribution in [2.75, 3.05) is 38.5 Å². The van der Waals surface area contributed by atoms with Gasteiger partial charge in [0.25, 0.3) is 5.91 Å². The maximum Gasteiger partial charge on any atom is 0.256 e. The molecule has 1 amide bonds. The number of nitrogens with zero attached hydrogens (tertiary/aromatic N) is 4. The Labute approximate surface area is 168 Å². The molecule has 4 rings (SSSR count). The van der Waals surface area contributed by atoms with Gasteiger partial charge in [-0.05, 0) is 36.9 Å². The van der Waals surface area contributed by atoms with E-state index in [1.54, 1.807) is 18.6 Å². The van der Waals surface area contributed by atoms with E-state index >= 15 is 0 Å². The van der Waals surface area contributed by atoms with Gasteiger partial charge in [-0.3, -0.25) is 14.7 Å². The summed E-state index contributed by atoms with van der Waals surface area (Å²) >= 11 is 1.45. The molecule has 1 aliphatic heterocycles. The number of carbonyl (C=O) groups is 1. The van der Waals surface area contributed by atoms with Crippen LogP contribution in [-0.4, -0.2) is 58.9 Å². The number of piperazine rings is 1. The highest BCUT2D eigenvalue weighted by Gasteiger charge is 2.14. The van der Waals surface area contributed by atoms with Crippen molar-refractivity contribution in [2.45, 2.75) is 6.54 Å². The van der Waals surface area contributed by atoms with E-state index in [1.165, 1.54) is 16.9 Å². The van der Waals surface area contributed by atoms with Gasteiger partial charge in [-0.15, -0.1) is 0 Å². The van der Waals surface area contributed by atoms with Crippen molar-refractivity contribution in [1.82, 2.24) is 19.8 Å². The summed E-state index contributed by atoms with van der Waals surface area (Å²) in [6, 6.07) is 11.7. The molecule has 0 spiro atoms. The number of aromatic nitrogens is 2. The van der Waals surface area contributed by atoms with Gasteiger partial charge in [0.15, 0.2) is 0 Å². The lowest BCUT2D eigenvalue weighted by atomic mass is 10.1. The number of thiazole rings is 1. The summed E-state index contributed by atoms with van der Waals surface area (Å²) < 4.78 is 0. The molecule has 6 nitrogen and oxygen atoms in total. The first-order valence-electron chi connectivity index (χ1n) is 9.35. The van der Waals surface area contributed by atoms with E-state index in [-0.39, 0.29) is 5.91 Å². The van der Waals surface area contributed by atoms with Gasteiger partial charge >= 0.3 is 0 Å². The summed E-state index contributed by atoms with van der Waals surface area (Å²) in [5.74, 6) is -0.115. The van der Waals surface area contributed by atoms with E-state index < -0.39 is 0 Å². The van der Waals surface area contributed by atoms with Crippen molar-refractivity contribution >= 4 is 22.2 Å². The minimum Gasteiger partial charge on any atom is -0.312 e. The van der Waals surface area contributed by atoms with Gasteiger partial charge < -0.3 is 10.2 Å². The molecule has 2 aromatic heterocycles. The summed E-state index contributed by atoms with van der Waals surface area (Å²) in [6.07, 6.45) is 5.16. The second-order valence-electron chi connectivity index (χ2n) is 7.00. The summed E-state index contributed by atoms with van der Waals surface area (Å²) in [7, 11) is 2.16. The molecule has 1 N–H and O–H groups in total. The average molecular weight is 394 g/mol. The van der Waals surface area contributed by atoms with Crippen LogP contribution in [0, 0.1) is 0 Å². The summed E-state index contributed by atoms with van der Waals surface area (Å²) in [6.45, 7) is 5.32. The minimum absolute atomic E-state index is 0.115. The topological polar surface area (TPSA) is 61.4 Å². The molecule has 0 saturated carbocycles. The standard InChI is InChI=1S/C21H23N5OS/c1-25-10-12-26(13-11-25)15-16-2-4-17(5-3-16)20(27)24-19-14-23-21(28-19)18-6-8-22-9-7-18/h2-9,14H,10-13,15H2,1H3,(H,24,27). The molecule has 3 aromatic rings. The minimum atomic E-state index is -0.115. The summed E-state index contributed by atoms with van der Waals surface area (Å²) in [5.41, 5.74) is 2.88. The largest absolute Gasteiger partial charge is 0.312 e. The normalized spacial score (nSPS) is 15.5. The Bertz CT molecular complexity index is 917. The number of hydrogen-bond donors (Lipinski definition) is 1. The van der Waals surface area contributed by atoms with Gasteiger partial charge in [0, 0.05) is 56.2 Å². The average Bonchev–Trinajstić information content (AvgIpc) is 3.19. The molecule has 3 heterocycles. The SMILES string of the molecule is CN1CCN(Cc2ccc(C(=O)Nc3cnc(-c4ccncc4)s3)cc2)CC1. The number of benzene rings is 1. The van der Waals surface area contributed by atoms with Crippen LogP contribution in [0.5, 0.6) is 0 Å². The Morgan fingerprint density at radius 1 is 1.07 bits per heavy atom. The van der Waals surface area contributed by atoms with Gasteiger partial charge in [-0.25, -0.2) is 4.98 Å². The molecule has 1 aromatic carbocycles. The van der Waals surface area contributed by atoms with Crippen LogP contribution in [0.3, 0.4) is 0 Å². The van der Waals surface area contributed by atoms with Gasteiger partial charge in [0.05, 0.1) is 6.20 Å². The van der Waals surface area contributed by atoms with Crippen molar-refractivity contribution < 1.29 is 4.79 Å². The molecule has 1 aliphatic rings. The Hall–Kier alpha value is -2.61. The zero-order valence-electron chi connectivity index (χ0n) is 15.8. The smallest absolute Gasteiger partial charge is 0.256 e. The number of likely N-dealkylation sites (N-methyl/N-ethyl adjacent to an activating group) is 1. The first-order chi connectivity index (χ1) is 13.7. The summed E-state index contributed by atoms with van der Waals surface area (Å²) in [5, 5.41) is 4.54. The Morgan fingerprint density at radius 3 is 2.50 bits per heavy atom. The van der Waals surface area contributed by atoms with Crippen LogP contribution < -0.4 is 5.32 Å². The van der Waals surface area contributed by atoms with E-state index in [0.717, 1.165) is 48.3 Å². The fraction of sp³-hybridized carbons (Fsp3) is 0.286. The second kappa shape index (κ2) is 8.60. The van der Waals surface area contributed by atoms with Crippen LogP contribution in [0.1, 0.15) is 15.9 Å². The third kappa shape index (κ3) is 4.62. The highest BCUT2D eigenvalue weighted by atomic mass is 32.1. The number of hydrogen-bond acceptors (Lipinski definition) is 6. The molecule has 7 heteroatoms. The quantitative estimate of drug-likeness (QED) is 0.721. The van der Waals surface area contributed by atoms with Crippen LogP contribution in [0.25, 0.3) is 10.6 Å². The van der Waals surface area contributed by atoms with E-state index in [2.05, 4.69) is 32.1 Å². The number of nitrogens with one attached hydrogen (secondary N) is 1. The third-order valence-electron chi connectivity index (χ3n) is 4.89. The van der Waals surface area contributed by atoms with Crippen molar-refractivity contribution in [3.05, 3.63) is 66.1 Å². The first kappa shape index (κ1) is 18.7. The molecular formula is C21H23N5OS. The third-order valence-corrected chi connectivity index (χ3v) is 5.85. The molecule has 0 unspecified atom stereocenters. The number of amides is 1. The Kier molecular flexibility index (Phi) is 5.76. The zero-order chi connectivity index (χ0) is 19.3. The fourth-order valence-corrected chi connectivity index (χ4v) is 3.99. The van der Waals surface area contributed by atoms with Crippen LogP contribution >= 0.6 is 11.3 Å². The molecule has 144 valence electrons. The Balaban J connectivity index is 1.35. The molecule has 28 heavy (non-hydrogen) atoms. The lowest BCUT2D eigenvalue weighted by Crippen LogP contribution is -2.43. The van der Waals surface area contributed by atoms with Crippen LogP contribution in [0.4, 0.5) is 5.00 Å². The molecule has 1 saturated heterocycles. The highest BCUT2D eigenvalue weighted by Crippen LogP contribution is 2.28. The van der Waals surface area contributed by atoms with Crippen LogP contribution in [0.15, 0.2) is 55.0 Å². The Morgan fingerprint density at radius 2 is 1.79 bits per heavy atom. The second-order valence-corrected chi connectivity index (χ2v) is 8.03. The van der Waals surface area contributed by atoms with Gasteiger partial charge in [0.2, 0.25) is 0 Å². The van der Waals surface area contributed by atoms with Gasteiger partial charge in [0.1, 0.15) is 10.0 Å². The van der Waals surface area contributed by atoms with E-state index in [1.807, 2.05) is 36.4 Å². The fourth-order valence-electron chi connectivity index (χ4n) is 3.17. The van der Waals surface area contributed by atoms with Crippen LogP contribution in [-0.2, 0) is 6.54 Å². The van der Waals surface area contributed by atoms with Crippen molar-refractivity contribution in [1.29, 1.82) is 0 Å². The number of pyridine rings is 1. The van der Waals surface area contributed by atoms with Crippen LogP contribution in [0.2, 0.25) is 0 Å². The predicted molar refractivity (Wildman–Crippen MR) is 113 cm³/mol. The lowest BCUT2D eigenvalue weighted by molar-refractivity contribution is 0.102. The van der Waals surface area contributed by atoms with Crippen molar-refractivity contribution in [2.24, 2.45) is 0 Å². The van der Waals surface area contributed by atoms with Crippen molar-refractivity contribution in [3.8, 4) is 10.6 Å².